The van der Waals surface area contributed by atoms with Gasteiger partial charge in [-0.3, -0.25) is 0 Å². The number of hydrogen-bond acceptors (Lipinski definition) is 3. The second-order valence-electron chi connectivity index (χ2n) is 4.95. The Kier molecular flexibility index (Phi) is 4.56. The Morgan fingerprint density at radius 1 is 1.19 bits per heavy atom. The number of anilines is 1. The van der Waals surface area contributed by atoms with Crippen LogP contribution in [-0.2, 0) is 10.0 Å². The van der Waals surface area contributed by atoms with Crippen LogP contribution in [0.3, 0.4) is 0 Å². The molecule has 0 saturated carbocycles. The fourth-order valence-corrected chi connectivity index (χ4v) is 3.85. The first-order valence-corrected chi connectivity index (χ1v) is 8.29. The maximum absolute atomic E-state index is 12.4. The number of aryl methyl sites for hydroxylation is 1. The highest BCUT2D eigenvalue weighted by molar-refractivity contribution is 7.89. The first-order valence-electron chi connectivity index (χ1n) is 6.43. The minimum Gasteiger partial charge on any atom is -0.399 e. The van der Waals surface area contributed by atoms with E-state index in [1.54, 1.807) is 37.3 Å². The summed E-state index contributed by atoms with van der Waals surface area (Å²) in [6.45, 7) is 3.61. The Labute approximate surface area is 130 Å². The van der Waals surface area contributed by atoms with Crippen molar-refractivity contribution in [2.45, 2.75) is 24.8 Å². The van der Waals surface area contributed by atoms with Gasteiger partial charge in [-0.05, 0) is 49.2 Å². The van der Waals surface area contributed by atoms with E-state index >= 15 is 0 Å². The van der Waals surface area contributed by atoms with Gasteiger partial charge in [0.05, 0.1) is 5.02 Å². The normalized spacial score (nSPS) is 13.1. The molecule has 6 heteroatoms. The third-order valence-electron chi connectivity index (χ3n) is 3.12. The van der Waals surface area contributed by atoms with Crippen molar-refractivity contribution in [2.24, 2.45) is 0 Å². The second-order valence-corrected chi connectivity index (χ2v) is 7.04. The fraction of sp³-hybridized carbons (Fsp3) is 0.200. The van der Waals surface area contributed by atoms with Crippen LogP contribution in [0.15, 0.2) is 47.4 Å². The minimum absolute atomic E-state index is 0.0746. The number of sulfonamides is 1. The first-order chi connectivity index (χ1) is 9.79. The molecule has 0 bridgehead atoms. The molecule has 0 saturated heterocycles. The Morgan fingerprint density at radius 3 is 2.52 bits per heavy atom. The molecule has 1 unspecified atom stereocenters. The maximum atomic E-state index is 12.4. The number of nitrogen functional groups attached to an aromatic ring is 1. The number of nitrogens with two attached hydrogens (primary N) is 1. The molecule has 2 aromatic carbocycles. The van der Waals surface area contributed by atoms with Gasteiger partial charge in [0.2, 0.25) is 10.0 Å². The molecule has 0 fully saturated rings. The van der Waals surface area contributed by atoms with E-state index in [0.717, 1.165) is 11.1 Å². The Morgan fingerprint density at radius 2 is 1.90 bits per heavy atom. The number of benzene rings is 2. The molecule has 2 aromatic rings. The van der Waals surface area contributed by atoms with Gasteiger partial charge in [0, 0.05) is 11.7 Å². The highest BCUT2D eigenvalue weighted by Crippen LogP contribution is 2.24. The van der Waals surface area contributed by atoms with Crippen molar-refractivity contribution in [3.8, 4) is 0 Å². The smallest absolute Gasteiger partial charge is 0.242 e. The van der Waals surface area contributed by atoms with Crippen molar-refractivity contribution in [3.63, 3.8) is 0 Å². The molecule has 0 aromatic heterocycles. The zero-order valence-electron chi connectivity index (χ0n) is 11.8. The molecule has 0 spiro atoms. The van der Waals surface area contributed by atoms with Crippen LogP contribution in [-0.4, -0.2) is 8.42 Å². The summed E-state index contributed by atoms with van der Waals surface area (Å²) in [5, 5.41) is 0.210. The van der Waals surface area contributed by atoms with Gasteiger partial charge in [-0.25, -0.2) is 13.1 Å². The van der Waals surface area contributed by atoms with Gasteiger partial charge in [0.25, 0.3) is 0 Å². The highest BCUT2D eigenvalue weighted by Gasteiger charge is 2.21. The van der Waals surface area contributed by atoms with Crippen LogP contribution in [0.4, 0.5) is 5.69 Å². The molecule has 0 aliphatic rings. The monoisotopic (exact) mass is 324 g/mol. The molecule has 0 radical (unpaired) electrons. The van der Waals surface area contributed by atoms with Gasteiger partial charge in [-0.15, -0.1) is 0 Å². The predicted molar refractivity (Wildman–Crippen MR) is 85.8 cm³/mol. The van der Waals surface area contributed by atoms with Crippen LogP contribution in [0.5, 0.6) is 0 Å². The summed E-state index contributed by atoms with van der Waals surface area (Å²) in [4.78, 5) is 0.0746. The summed E-state index contributed by atoms with van der Waals surface area (Å²) in [5.41, 5.74) is 8.00. The largest absolute Gasteiger partial charge is 0.399 e. The molecule has 112 valence electrons. The molecule has 3 N–H and O–H groups in total. The molecule has 0 heterocycles. The van der Waals surface area contributed by atoms with Crippen molar-refractivity contribution in [3.05, 3.63) is 58.6 Å². The van der Waals surface area contributed by atoms with Crippen molar-refractivity contribution in [1.82, 2.24) is 4.72 Å². The molecular weight excluding hydrogens is 308 g/mol. The fourth-order valence-electron chi connectivity index (χ4n) is 2.02. The van der Waals surface area contributed by atoms with E-state index in [2.05, 4.69) is 4.72 Å². The lowest BCUT2D eigenvalue weighted by Gasteiger charge is -2.16. The van der Waals surface area contributed by atoms with E-state index in [4.69, 9.17) is 17.3 Å². The van der Waals surface area contributed by atoms with Gasteiger partial charge < -0.3 is 5.73 Å². The number of nitrogens with one attached hydrogen (secondary N) is 1. The Balaban J connectivity index is 2.29. The average molecular weight is 325 g/mol. The van der Waals surface area contributed by atoms with E-state index in [0.29, 0.717) is 5.69 Å². The van der Waals surface area contributed by atoms with E-state index in [1.165, 1.54) is 6.07 Å². The molecule has 0 amide bonds. The van der Waals surface area contributed by atoms with Gasteiger partial charge in [-0.1, -0.05) is 29.8 Å². The summed E-state index contributed by atoms with van der Waals surface area (Å²) in [5.74, 6) is 0. The minimum atomic E-state index is -3.69. The Bertz CT molecular complexity index is 760. The summed E-state index contributed by atoms with van der Waals surface area (Å²) in [7, 11) is -3.69. The van der Waals surface area contributed by atoms with Crippen LogP contribution in [0.2, 0.25) is 5.02 Å². The molecule has 1 atom stereocenters. The molecule has 0 aliphatic heterocycles. The van der Waals surface area contributed by atoms with Crippen LogP contribution >= 0.6 is 11.6 Å². The van der Waals surface area contributed by atoms with E-state index in [-0.39, 0.29) is 9.92 Å². The molecular formula is C15H17ClN2O2S. The average Bonchev–Trinajstić information content (AvgIpc) is 2.37. The van der Waals surface area contributed by atoms with Gasteiger partial charge >= 0.3 is 0 Å². The van der Waals surface area contributed by atoms with E-state index in [9.17, 15) is 8.42 Å². The third-order valence-corrected chi connectivity index (χ3v) is 5.14. The van der Waals surface area contributed by atoms with Gasteiger partial charge in [-0.2, -0.15) is 0 Å². The highest BCUT2D eigenvalue weighted by atomic mass is 35.5. The van der Waals surface area contributed by atoms with Gasteiger partial charge in [0.1, 0.15) is 4.90 Å². The standard InChI is InChI=1S/C15H17ClN2O2S/c1-10-6-7-15(14(16)8-10)21(19,20)18-11(2)12-4-3-5-13(17)9-12/h3-9,11,18H,17H2,1-2H3. The summed E-state index contributed by atoms with van der Waals surface area (Å²) >= 11 is 6.03. The molecule has 0 aliphatic carbocycles. The van der Waals surface area contributed by atoms with E-state index < -0.39 is 16.1 Å². The molecule has 21 heavy (non-hydrogen) atoms. The predicted octanol–water partition coefficient (Wildman–Crippen LogP) is 3.27. The zero-order valence-corrected chi connectivity index (χ0v) is 13.4. The van der Waals surface area contributed by atoms with Crippen LogP contribution in [0, 0.1) is 6.92 Å². The van der Waals surface area contributed by atoms with Gasteiger partial charge in [0.15, 0.2) is 0 Å². The number of hydrogen-bond donors (Lipinski definition) is 2. The zero-order chi connectivity index (χ0) is 15.6. The number of rotatable bonds is 4. The van der Waals surface area contributed by atoms with Crippen LogP contribution in [0.1, 0.15) is 24.1 Å². The summed E-state index contributed by atoms with van der Waals surface area (Å²) < 4.78 is 27.4. The quantitative estimate of drug-likeness (QED) is 0.848. The maximum Gasteiger partial charge on any atom is 0.242 e. The lowest BCUT2D eigenvalue weighted by Crippen LogP contribution is -2.27. The molecule has 4 nitrogen and oxygen atoms in total. The van der Waals surface area contributed by atoms with Crippen molar-refractivity contribution < 1.29 is 8.42 Å². The topological polar surface area (TPSA) is 72.2 Å². The molecule has 2 rings (SSSR count). The first kappa shape index (κ1) is 15.8. The van der Waals surface area contributed by atoms with Crippen molar-refractivity contribution in [1.29, 1.82) is 0 Å². The van der Waals surface area contributed by atoms with Crippen molar-refractivity contribution in [2.75, 3.05) is 5.73 Å². The Hall–Kier alpha value is -1.56. The van der Waals surface area contributed by atoms with Crippen LogP contribution in [0.25, 0.3) is 0 Å². The lowest BCUT2D eigenvalue weighted by molar-refractivity contribution is 0.567. The van der Waals surface area contributed by atoms with Crippen LogP contribution < -0.4 is 10.5 Å². The summed E-state index contributed by atoms with van der Waals surface area (Å²) in [6.07, 6.45) is 0. The summed E-state index contributed by atoms with van der Waals surface area (Å²) in [6, 6.07) is 11.5. The lowest BCUT2D eigenvalue weighted by atomic mass is 10.1. The SMILES string of the molecule is Cc1ccc(S(=O)(=O)NC(C)c2cccc(N)c2)c(Cl)c1. The number of halogens is 1. The third kappa shape index (κ3) is 3.75. The second kappa shape index (κ2) is 6.05. The van der Waals surface area contributed by atoms with Crippen molar-refractivity contribution >= 4 is 27.3 Å². The van der Waals surface area contributed by atoms with E-state index in [1.807, 2.05) is 13.0 Å².